The molecule has 3 heterocycles. The molecule has 0 amide bonds. The molecule has 1 unspecified atom stereocenters. The molecule has 0 saturated carbocycles. The molecule has 110 valence electrons. The zero-order chi connectivity index (χ0) is 14.8. The van der Waals surface area contributed by atoms with E-state index < -0.39 is 5.97 Å². The number of carbonyl (C=O) groups is 1. The Kier molecular flexibility index (Phi) is 3.46. The van der Waals surface area contributed by atoms with Crippen molar-refractivity contribution in [2.45, 2.75) is 25.7 Å². The summed E-state index contributed by atoms with van der Waals surface area (Å²) in [6.07, 6.45) is 1.91. The van der Waals surface area contributed by atoms with E-state index in [0.29, 0.717) is 24.0 Å². The first kappa shape index (κ1) is 13.4. The summed E-state index contributed by atoms with van der Waals surface area (Å²) < 4.78 is 0. The summed E-state index contributed by atoms with van der Waals surface area (Å²) in [6.45, 7) is 3.21. The van der Waals surface area contributed by atoms with Crippen molar-refractivity contribution in [2.75, 3.05) is 18.0 Å². The average Bonchev–Trinajstić information content (AvgIpc) is 3.01. The normalized spacial score (nSPS) is 18.7. The quantitative estimate of drug-likeness (QED) is 0.831. The van der Waals surface area contributed by atoms with E-state index in [0.717, 1.165) is 19.4 Å². The van der Waals surface area contributed by atoms with Gasteiger partial charge in [-0.1, -0.05) is 5.21 Å². The molecule has 0 radical (unpaired) electrons. The van der Waals surface area contributed by atoms with Gasteiger partial charge in [0.05, 0.1) is 0 Å². The lowest BCUT2D eigenvalue weighted by atomic mass is 9.98. The Morgan fingerprint density at radius 2 is 2.33 bits per heavy atom. The van der Waals surface area contributed by atoms with E-state index in [1.165, 1.54) is 6.07 Å². The molecule has 2 N–H and O–H groups in total. The smallest absolute Gasteiger partial charge is 0.354 e. The molecule has 2 aromatic heterocycles. The van der Waals surface area contributed by atoms with Crippen LogP contribution < -0.4 is 4.90 Å². The highest BCUT2D eigenvalue weighted by molar-refractivity contribution is 5.85. The highest BCUT2D eigenvalue weighted by Gasteiger charge is 2.26. The molecule has 0 aliphatic carbocycles. The fraction of sp³-hybridized carbons (Fsp3) is 0.500. The molecular formula is C12H15N7O2. The number of aromatic carboxylic acids is 1. The summed E-state index contributed by atoms with van der Waals surface area (Å²) in [7, 11) is 0. The molecule has 1 atom stereocenters. The summed E-state index contributed by atoms with van der Waals surface area (Å²) in [5, 5.41) is 23.2. The first-order valence-electron chi connectivity index (χ1n) is 6.71. The van der Waals surface area contributed by atoms with Gasteiger partial charge in [0.2, 0.25) is 5.95 Å². The maximum absolute atomic E-state index is 11.1. The van der Waals surface area contributed by atoms with Crippen molar-refractivity contribution in [1.29, 1.82) is 0 Å². The third-order valence-corrected chi connectivity index (χ3v) is 3.49. The van der Waals surface area contributed by atoms with Crippen molar-refractivity contribution in [1.82, 2.24) is 30.6 Å². The maximum Gasteiger partial charge on any atom is 0.354 e. The molecular weight excluding hydrogens is 274 g/mol. The number of nitrogens with one attached hydrogen (secondary N) is 1. The van der Waals surface area contributed by atoms with Gasteiger partial charge in [-0.3, -0.25) is 0 Å². The van der Waals surface area contributed by atoms with Crippen molar-refractivity contribution >= 4 is 11.9 Å². The number of carboxylic acid groups (broad SMARTS) is 1. The number of hydrogen-bond acceptors (Lipinski definition) is 7. The minimum atomic E-state index is -1.05. The molecule has 1 aliphatic heterocycles. The minimum absolute atomic E-state index is 0.0131. The summed E-state index contributed by atoms with van der Waals surface area (Å²) >= 11 is 0. The SMILES string of the molecule is Cc1cc(C(=O)O)nc(N2CCCC(c3nn[nH]n3)C2)n1. The van der Waals surface area contributed by atoms with E-state index in [1.54, 1.807) is 6.92 Å². The van der Waals surface area contributed by atoms with Gasteiger partial charge in [-0.25, -0.2) is 14.8 Å². The number of rotatable bonds is 3. The van der Waals surface area contributed by atoms with Crippen LogP contribution in [0.25, 0.3) is 0 Å². The summed E-state index contributed by atoms with van der Waals surface area (Å²) in [4.78, 5) is 21.5. The molecule has 21 heavy (non-hydrogen) atoms. The van der Waals surface area contributed by atoms with E-state index >= 15 is 0 Å². The van der Waals surface area contributed by atoms with Crippen LogP contribution >= 0.6 is 0 Å². The number of anilines is 1. The number of carboxylic acids is 1. The van der Waals surface area contributed by atoms with Crippen LogP contribution in [0.4, 0.5) is 5.95 Å². The fourth-order valence-corrected chi connectivity index (χ4v) is 2.52. The topological polar surface area (TPSA) is 121 Å². The van der Waals surface area contributed by atoms with Crippen LogP contribution in [0.5, 0.6) is 0 Å². The average molecular weight is 289 g/mol. The predicted molar refractivity (Wildman–Crippen MR) is 72.1 cm³/mol. The van der Waals surface area contributed by atoms with Crippen LogP contribution in [-0.2, 0) is 0 Å². The molecule has 1 saturated heterocycles. The molecule has 9 heteroatoms. The van der Waals surface area contributed by atoms with E-state index in [9.17, 15) is 4.79 Å². The number of aromatic amines is 1. The molecule has 3 rings (SSSR count). The van der Waals surface area contributed by atoms with Crippen molar-refractivity contribution < 1.29 is 9.90 Å². The van der Waals surface area contributed by atoms with Gasteiger partial charge in [0, 0.05) is 24.7 Å². The third kappa shape index (κ3) is 2.81. The Hall–Kier alpha value is -2.58. The molecule has 0 spiro atoms. The number of nitrogens with zero attached hydrogens (tertiary/aromatic N) is 6. The number of aryl methyl sites for hydroxylation is 1. The molecule has 1 fully saturated rings. The second-order valence-electron chi connectivity index (χ2n) is 5.05. The largest absolute Gasteiger partial charge is 0.477 e. The lowest BCUT2D eigenvalue weighted by Crippen LogP contribution is -2.36. The van der Waals surface area contributed by atoms with E-state index in [1.807, 2.05) is 4.90 Å². The van der Waals surface area contributed by atoms with Crippen LogP contribution in [0.3, 0.4) is 0 Å². The third-order valence-electron chi connectivity index (χ3n) is 3.49. The molecule has 0 aromatic carbocycles. The summed E-state index contributed by atoms with van der Waals surface area (Å²) in [6, 6.07) is 1.46. The number of H-pyrrole nitrogens is 1. The lowest BCUT2D eigenvalue weighted by molar-refractivity contribution is 0.0690. The van der Waals surface area contributed by atoms with Gasteiger partial charge >= 0.3 is 5.97 Å². The highest BCUT2D eigenvalue weighted by Crippen LogP contribution is 2.26. The molecule has 9 nitrogen and oxygen atoms in total. The van der Waals surface area contributed by atoms with Gasteiger partial charge in [-0.05, 0) is 25.8 Å². The van der Waals surface area contributed by atoms with Crippen molar-refractivity contribution in [3.63, 3.8) is 0 Å². The van der Waals surface area contributed by atoms with Crippen molar-refractivity contribution in [3.8, 4) is 0 Å². The van der Waals surface area contributed by atoms with Crippen LogP contribution in [-0.4, -0.2) is 54.8 Å². The first-order valence-corrected chi connectivity index (χ1v) is 6.71. The van der Waals surface area contributed by atoms with Gasteiger partial charge < -0.3 is 10.0 Å². The Morgan fingerprint density at radius 3 is 3.05 bits per heavy atom. The number of hydrogen-bond donors (Lipinski definition) is 2. The number of tetrazole rings is 1. The van der Waals surface area contributed by atoms with Crippen LogP contribution in [0.2, 0.25) is 0 Å². The van der Waals surface area contributed by atoms with Gasteiger partial charge in [0.1, 0.15) is 0 Å². The van der Waals surface area contributed by atoms with Gasteiger partial charge in [-0.15, -0.1) is 10.2 Å². The zero-order valence-electron chi connectivity index (χ0n) is 11.5. The second-order valence-corrected chi connectivity index (χ2v) is 5.05. The maximum atomic E-state index is 11.1. The number of piperidine rings is 1. The van der Waals surface area contributed by atoms with Gasteiger partial charge in [0.15, 0.2) is 11.5 Å². The Balaban J connectivity index is 1.84. The standard InChI is InChI=1S/C12H15N7O2/c1-7-5-9(11(20)21)14-12(13-7)19-4-2-3-8(6-19)10-15-17-18-16-10/h5,8H,2-4,6H2,1H3,(H,20,21)(H,15,16,17,18). The van der Waals surface area contributed by atoms with E-state index in [2.05, 4.69) is 30.6 Å². The van der Waals surface area contributed by atoms with Crippen LogP contribution in [0.1, 0.15) is 40.8 Å². The zero-order valence-corrected chi connectivity index (χ0v) is 11.5. The summed E-state index contributed by atoms with van der Waals surface area (Å²) in [5.74, 6) is 0.217. The predicted octanol–water partition coefficient (Wildman–Crippen LogP) is 0.380. The van der Waals surface area contributed by atoms with E-state index in [4.69, 9.17) is 5.11 Å². The van der Waals surface area contributed by atoms with Gasteiger partial charge in [-0.2, -0.15) is 5.21 Å². The van der Waals surface area contributed by atoms with Crippen LogP contribution in [0, 0.1) is 6.92 Å². The fourth-order valence-electron chi connectivity index (χ4n) is 2.52. The Labute approximate surface area is 120 Å². The molecule has 0 bridgehead atoms. The lowest BCUT2D eigenvalue weighted by Gasteiger charge is -2.31. The van der Waals surface area contributed by atoms with Crippen molar-refractivity contribution in [2.24, 2.45) is 0 Å². The van der Waals surface area contributed by atoms with Crippen molar-refractivity contribution in [3.05, 3.63) is 23.3 Å². The Morgan fingerprint density at radius 1 is 1.48 bits per heavy atom. The van der Waals surface area contributed by atoms with Gasteiger partial charge in [0.25, 0.3) is 0 Å². The van der Waals surface area contributed by atoms with Crippen LogP contribution in [0.15, 0.2) is 6.07 Å². The summed E-state index contributed by atoms with van der Waals surface area (Å²) in [5.41, 5.74) is 0.651. The molecule has 1 aliphatic rings. The highest BCUT2D eigenvalue weighted by atomic mass is 16.4. The molecule has 2 aromatic rings. The Bertz CT molecular complexity index is 643. The second kappa shape index (κ2) is 5.43. The number of aromatic nitrogens is 6. The minimum Gasteiger partial charge on any atom is -0.477 e. The first-order chi connectivity index (χ1) is 10.1. The monoisotopic (exact) mass is 289 g/mol. The van der Waals surface area contributed by atoms with E-state index in [-0.39, 0.29) is 11.6 Å².